The van der Waals surface area contributed by atoms with Crippen LogP contribution in [0.2, 0.25) is 0 Å². The van der Waals surface area contributed by atoms with Crippen LogP contribution in [0.15, 0.2) is 65.1 Å². The Kier molecular flexibility index (Phi) is 7.50. The maximum atomic E-state index is 12.0. The molecule has 31 heavy (non-hydrogen) atoms. The van der Waals surface area contributed by atoms with Gasteiger partial charge in [0.25, 0.3) is 5.91 Å². The Hall–Kier alpha value is -3.52. The molecule has 3 aromatic rings. The topological polar surface area (TPSA) is 97.4 Å². The molecule has 2 N–H and O–H groups in total. The van der Waals surface area contributed by atoms with Crippen molar-refractivity contribution >= 4 is 56.4 Å². The molecule has 0 aliphatic rings. The average molecular weight is 482 g/mol. The van der Waals surface area contributed by atoms with E-state index in [1.807, 2.05) is 49.4 Å². The first-order valence-electron chi connectivity index (χ1n) is 9.44. The molecule has 8 heteroatoms. The van der Waals surface area contributed by atoms with Gasteiger partial charge in [-0.2, -0.15) is 0 Å². The largest absolute Gasteiger partial charge is 0.452 e. The van der Waals surface area contributed by atoms with Gasteiger partial charge in [-0.05, 0) is 48.9 Å². The first kappa shape index (κ1) is 22.2. The minimum Gasteiger partial charge on any atom is -0.452 e. The molecule has 0 spiro atoms. The van der Waals surface area contributed by atoms with Gasteiger partial charge in [-0.1, -0.05) is 40.2 Å². The van der Waals surface area contributed by atoms with Crippen LogP contribution >= 0.6 is 15.9 Å². The molecule has 0 saturated heterocycles. The number of pyridine rings is 1. The molecule has 0 bridgehead atoms. The van der Waals surface area contributed by atoms with Gasteiger partial charge in [0.1, 0.15) is 0 Å². The van der Waals surface area contributed by atoms with Crippen molar-refractivity contribution in [3.63, 3.8) is 0 Å². The number of halogens is 1. The van der Waals surface area contributed by atoms with E-state index in [2.05, 4.69) is 31.5 Å². The van der Waals surface area contributed by atoms with Gasteiger partial charge in [0.05, 0.1) is 17.8 Å². The van der Waals surface area contributed by atoms with Crippen LogP contribution in [-0.4, -0.2) is 35.9 Å². The third kappa shape index (κ3) is 6.75. The number of ether oxygens (including phenoxy) is 1. The summed E-state index contributed by atoms with van der Waals surface area (Å²) in [6, 6.07) is 16.8. The highest BCUT2D eigenvalue weighted by atomic mass is 79.9. The second-order valence-corrected chi connectivity index (χ2v) is 7.57. The third-order valence-electron chi connectivity index (χ3n) is 4.26. The Morgan fingerprint density at radius 1 is 1.06 bits per heavy atom. The lowest BCUT2D eigenvalue weighted by Gasteiger charge is -2.09. The predicted molar refractivity (Wildman–Crippen MR) is 122 cm³/mol. The summed E-state index contributed by atoms with van der Waals surface area (Å²) in [7, 11) is 0. The lowest BCUT2D eigenvalue weighted by molar-refractivity contribution is -0.143. The molecule has 0 atom stereocenters. The number of rotatable bonds is 7. The number of nitrogens with zero attached hydrogens (tertiary/aromatic N) is 1. The summed E-state index contributed by atoms with van der Waals surface area (Å²) in [5.74, 6) is -1.64. The number of carbonyl (C=O) groups is 3. The Bertz CT molecular complexity index is 1160. The van der Waals surface area contributed by atoms with Crippen LogP contribution in [0.3, 0.4) is 0 Å². The predicted octanol–water partition coefficient (Wildman–Crippen LogP) is 3.62. The van der Waals surface area contributed by atoms with E-state index in [4.69, 9.17) is 4.74 Å². The molecule has 3 rings (SSSR count). The number of aryl methyl sites for hydroxylation is 1. The number of hydrogen-bond acceptors (Lipinski definition) is 5. The highest BCUT2D eigenvalue weighted by Crippen LogP contribution is 2.19. The second-order valence-electron chi connectivity index (χ2n) is 6.65. The van der Waals surface area contributed by atoms with Crippen molar-refractivity contribution < 1.29 is 19.1 Å². The number of aromatic nitrogens is 1. The Labute approximate surface area is 187 Å². The van der Waals surface area contributed by atoms with Gasteiger partial charge in [0.2, 0.25) is 5.91 Å². The van der Waals surface area contributed by atoms with Crippen LogP contribution in [0.1, 0.15) is 11.3 Å². The first-order chi connectivity index (χ1) is 14.9. The fourth-order valence-electron chi connectivity index (χ4n) is 2.70. The zero-order valence-electron chi connectivity index (χ0n) is 16.7. The van der Waals surface area contributed by atoms with Crippen molar-refractivity contribution in [1.29, 1.82) is 0 Å². The fraction of sp³-hybridized carbons (Fsp3) is 0.130. The van der Waals surface area contributed by atoms with E-state index in [-0.39, 0.29) is 12.5 Å². The van der Waals surface area contributed by atoms with E-state index in [0.717, 1.165) is 20.9 Å². The van der Waals surface area contributed by atoms with Crippen LogP contribution in [-0.2, 0) is 19.1 Å². The Balaban J connectivity index is 1.41. The van der Waals surface area contributed by atoms with Gasteiger partial charge in [-0.25, -0.2) is 9.78 Å². The number of hydrogen-bond donors (Lipinski definition) is 2. The van der Waals surface area contributed by atoms with E-state index in [1.54, 1.807) is 12.1 Å². The molecule has 0 aliphatic heterocycles. The van der Waals surface area contributed by atoms with Gasteiger partial charge in [-0.15, -0.1) is 0 Å². The fourth-order valence-corrected chi connectivity index (χ4v) is 3.18. The first-order valence-corrected chi connectivity index (χ1v) is 10.2. The number of amides is 2. The van der Waals surface area contributed by atoms with Crippen molar-refractivity contribution in [2.75, 3.05) is 18.5 Å². The number of nitrogens with one attached hydrogen (secondary N) is 2. The van der Waals surface area contributed by atoms with Crippen LogP contribution in [0.5, 0.6) is 0 Å². The molecular formula is C23H20BrN3O4. The molecule has 0 radical (unpaired) electrons. The van der Waals surface area contributed by atoms with Crippen molar-refractivity contribution in [2.24, 2.45) is 0 Å². The monoisotopic (exact) mass is 481 g/mol. The number of anilines is 1. The van der Waals surface area contributed by atoms with Gasteiger partial charge >= 0.3 is 5.97 Å². The zero-order valence-corrected chi connectivity index (χ0v) is 18.3. The Morgan fingerprint density at radius 3 is 2.68 bits per heavy atom. The maximum Gasteiger partial charge on any atom is 0.331 e. The number of esters is 1. The van der Waals surface area contributed by atoms with Gasteiger partial charge in [0, 0.05) is 21.6 Å². The molecule has 2 amide bonds. The second kappa shape index (κ2) is 10.5. The molecule has 0 saturated carbocycles. The summed E-state index contributed by atoms with van der Waals surface area (Å²) in [4.78, 5) is 40.1. The van der Waals surface area contributed by atoms with Crippen LogP contribution in [0.25, 0.3) is 17.0 Å². The van der Waals surface area contributed by atoms with Crippen molar-refractivity contribution in [2.45, 2.75) is 6.92 Å². The highest BCUT2D eigenvalue weighted by molar-refractivity contribution is 9.10. The van der Waals surface area contributed by atoms with Crippen LogP contribution in [0, 0.1) is 6.92 Å². The molecule has 158 valence electrons. The van der Waals surface area contributed by atoms with Crippen LogP contribution in [0.4, 0.5) is 5.69 Å². The zero-order chi connectivity index (χ0) is 22.2. The van der Waals surface area contributed by atoms with Gasteiger partial charge < -0.3 is 15.4 Å². The van der Waals surface area contributed by atoms with Crippen molar-refractivity contribution in [3.8, 4) is 0 Å². The summed E-state index contributed by atoms with van der Waals surface area (Å²) in [5, 5.41) is 6.12. The summed E-state index contributed by atoms with van der Waals surface area (Å²) in [5.41, 5.74) is 2.95. The normalized spacial score (nSPS) is 10.8. The number of benzene rings is 2. The van der Waals surface area contributed by atoms with Crippen LogP contribution < -0.4 is 10.6 Å². The highest BCUT2D eigenvalue weighted by Gasteiger charge is 2.09. The average Bonchev–Trinajstić information content (AvgIpc) is 2.76. The van der Waals surface area contributed by atoms with E-state index >= 15 is 0 Å². The molecular weight excluding hydrogens is 462 g/mol. The van der Waals surface area contributed by atoms with E-state index < -0.39 is 18.5 Å². The summed E-state index contributed by atoms with van der Waals surface area (Å²) in [6.07, 6.45) is 2.72. The summed E-state index contributed by atoms with van der Waals surface area (Å²) in [6.45, 7) is 1.14. The molecule has 0 fully saturated rings. The Morgan fingerprint density at radius 2 is 1.87 bits per heavy atom. The van der Waals surface area contributed by atoms with E-state index in [0.29, 0.717) is 11.4 Å². The minimum atomic E-state index is -0.681. The lowest BCUT2D eigenvalue weighted by Crippen LogP contribution is -2.35. The van der Waals surface area contributed by atoms with Gasteiger partial charge in [0.15, 0.2) is 6.61 Å². The minimum absolute atomic E-state index is 0.233. The summed E-state index contributed by atoms with van der Waals surface area (Å²) < 4.78 is 5.80. The molecule has 0 unspecified atom stereocenters. The van der Waals surface area contributed by atoms with Gasteiger partial charge in [-0.3, -0.25) is 9.59 Å². The van der Waals surface area contributed by atoms with Crippen molar-refractivity contribution in [1.82, 2.24) is 10.3 Å². The smallest absolute Gasteiger partial charge is 0.331 e. The molecule has 0 aliphatic carbocycles. The standard InChI is InChI=1S/C23H20BrN3O4/c1-15-12-17(24)7-10-19(15)27-21(28)13-25-22(29)14-31-23(30)11-9-18-8-6-16-4-2-3-5-20(16)26-18/h2-12H,13-14H2,1H3,(H,25,29)(H,27,28)/b11-9+. The van der Waals surface area contributed by atoms with Crippen molar-refractivity contribution in [3.05, 3.63) is 76.4 Å². The third-order valence-corrected chi connectivity index (χ3v) is 4.76. The lowest BCUT2D eigenvalue weighted by atomic mass is 10.2. The van der Waals surface area contributed by atoms with E-state index in [9.17, 15) is 14.4 Å². The quantitative estimate of drug-likeness (QED) is 0.396. The number of fused-ring (bicyclic) bond motifs is 1. The SMILES string of the molecule is Cc1cc(Br)ccc1NC(=O)CNC(=O)COC(=O)/C=C/c1ccc2ccccc2n1. The molecule has 1 heterocycles. The molecule has 2 aromatic carbocycles. The maximum absolute atomic E-state index is 12.0. The molecule has 7 nitrogen and oxygen atoms in total. The summed E-state index contributed by atoms with van der Waals surface area (Å²) >= 11 is 3.36. The number of carbonyl (C=O) groups excluding carboxylic acids is 3. The molecule has 1 aromatic heterocycles. The van der Waals surface area contributed by atoms with E-state index in [1.165, 1.54) is 12.2 Å². The number of para-hydroxylation sites is 1.